The Balaban J connectivity index is 1.83. The lowest BCUT2D eigenvalue weighted by molar-refractivity contribution is -0.690. The van der Waals surface area contributed by atoms with E-state index in [4.69, 9.17) is 9.47 Å². The minimum Gasteiger partial charge on any atom is -0.495 e. The summed E-state index contributed by atoms with van der Waals surface area (Å²) >= 11 is 0. The molecule has 0 aliphatic carbocycles. The zero-order chi connectivity index (χ0) is 21.0. The van der Waals surface area contributed by atoms with Gasteiger partial charge in [0.05, 0.1) is 30.9 Å². The van der Waals surface area contributed by atoms with Gasteiger partial charge in [-0.25, -0.2) is 8.42 Å². The maximum atomic E-state index is 12.9. The lowest BCUT2D eigenvalue weighted by Gasteiger charge is -2.26. The van der Waals surface area contributed by atoms with E-state index in [1.807, 2.05) is 36.7 Å². The standard InChI is InChI=1S/C20H25N3O5S/c1-15-5-4-8-22(16(15)2)14-20(24)21-18-13-17(6-7-19(18)27-3)29(25,26)23-9-11-28-12-10-23/h4-8,13H,9-12,14H2,1-3H3/p+1. The average molecular weight is 421 g/mol. The normalized spacial score (nSPS) is 15.1. The number of rotatable bonds is 6. The quantitative estimate of drug-likeness (QED) is 0.711. The SMILES string of the molecule is COc1ccc(S(=O)(=O)N2CCOCC2)cc1NC(=O)C[n+]1cccc(C)c1C. The summed E-state index contributed by atoms with van der Waals surface area (Å²) in [5.74, 6) is 0.119. The van der Waals surface area contributed by atoms with Crippen molar-refractivity contribution in [3.63, 3.8) is 0 Å². The third kappa shape index (κ3) is 4.75. The maximum Gasteiger partial charge on any atom is 0.290 e. The van der Waals surface area contributed by atoms with Gasteiger partial charge < -0.3 is 14.8 Å². The van der Waals surface area contributed by atoms with Crippen molar-refractivity contribution < 1.29 is 27.3 Å². The molecular weight excluding hydrogens is 394 g/mol. The number of pyridine rings is 1. The molecule has 1 aromatic heterocycles. The van der Waals surface area contributed by atoms with E-state index < -0.39 is 10.0 Å². The molecular formula is C20H26N3O5S+. The van der Waals surface area contributed by atoms with E-state index in [1.54, 1.807) is 6.07 Å². The Morgan fingerprint density at radius 1 is 1.24 bits per heavy atom. The Morgan fingerprint density at radius 2 is 1.97 bits per heavy atom. The predicted octanol–water partition coefficient (Wildman–Crippen LogP) is 1.26. The lowest BCUT2D eigenvalue weighted by Crippen LogP contribution is -2.43. The molecule has 29 heavy (non-hydrogen) atoms. The third-order valence-electron chi connectivity index (χ3n) is 4.98. The number of carbonyl (C=O) groups excluding carboxylic acids is 1. The van der Waals surface area contributed by atoms with Crippen LogP contribution in [0.25, 0.3) is 0 Å². The molecule has 1 saturated heterocycles. The molecule has 0 saturated carbocycles. The van der Waals surface area contributed by atoms with E-state index in [1.165, 1.54) is 23.5 Å². The van der Waals surface area contributed by atoms with Crippen LogP contribution in [0.15, 0.2) is 41.4 Å². The number of ether oxygens (including phenoxy) is 2. The van der Waals surface area contributed by atoms with Gasteiger partial charge >= 0.3 is 0 Å². The lowest BCUT2D eigenvalue weighted by atomic mass is 10.2. The fourth-order valence-electron chi connectivity index (χ4n) is 3.15. The van der Waals surface area contributed by atoms with Gasteiger partial charge in [-0.3, -0.25) is 4.79 Å². The molecule has 2 heterocycles. The number of methoxy groups -OCH3 is 1. The second-order valence-corrected chi connectivity index (χ2v) is 8.77. The predicted molar refractivity (Wildman–Crippen MR) is 107 cm³/mol. The second-order valence-electron chi connectivity index (χ2n) is 6.83. The molecule has 0 spiro atoms. The number of aryl methyl sites for hydroxylation is 1. The zero-order valence-electron chi connectivity index (χ0n) is 16.8. The number of hydrogen-bond donors (Lipinski definition) is 1. The number of hydrogen-bond acceptors (Lipinski definition) is 5. The monoisotopic (exact) mass is 420 g/mol. The number of morpholine rings is 1. The summed E-state index contributed by atoms with van der Waals surface area (Å²) in [6.07, 6.45) is 1.83. The van der Waals surface area contributed by atoms with Crippen molar-refractivity contribution >= 4 is 21.6 Å². The van der Waals surface area contributed by atoms with E-state index in [0.29, 0.717) is 37.7 Å². The molecule has 1 N–H and O–H groups in total. The molecule has 156 valence electrons. The van der Waals surface area contributed by atoms with Crippen molar-refractivity contribution in [2.75, 3.05) is 38.7 Å². The van der Waals surface area contributed by atoms with E-state index in [-0.39, 0.29) is 17.3 Å². The van der Waals surface area contributed by atoms with Crippen LogP contribution in [0.4, 0.5) is 5.69 Å². The Bertz CT molecular complexity index is 1000. The van der Waals surface area contributed by atoms with Crippen molar-refractivity contribution in [2.24, 2.45) is 0 Å². The van der Waals surface area contributed by atoms with Crippen molar-refractivity contribution in [3.05, 3.63) is 47.8 Å². The summed E-state index contributed by atoms with van der Waals surface area (Å²) < 4.78 is 39.6. The number of nitrogens with zero attached hydrogens (tertiary/aromatic N) is 2. The van der Waals surface area contributed by atoms with Gasteiger partial charge in [-0.2, -0.15) is 8.87 Å². The number of aromatic nitrogens is 1. The van der Waals surface area contributed by atoms with Crippen LogP contribution >= 0.6 is 0 Å². The van der Waals surface area contributed by atoms with Crippen LogP contribution in [-0.2, 0) is 26.1 Å². The number of nitrogens with one attached hydrogen (secondary N) is 1. The van der Waals surface area contributed by atoms with Gasteiger partial charge in [0.1, 0.15) is 5.75 Å². The van der Waals surface area contributed by atoms with Crippen molar-refractivity contribution in [1.82, 2.24) is 4.31 Å². The number of amides is 1. The van der Waals surface area contributed by atoms with Crippen molar-refractivity contribution in [3.8, 4) is 5.75 Å². The highest BCUT2D eigenvalue weighted by Gasteiger charge is 2.27. The van der Waals surface area contributed by atoms with Gasteiger partial charge in [-0.1, -0.05) is 0 Å². The molecule has 0 radical (unpaired) electrons. The van der Waals surface area contributed by atoms with Gasteiger partial charge in [0.15, 0.2) is 11.9 Å². The number of carbonyl (C=O) groups is 1. The first-order valence-electron chi connectivity index (χ1n) is 9.34. The molecule has 1 aliphatic rings. The Kier molecular flexibility index (Phi) is 6.51. The first kappa shape index (κ1) is 21.2. The third-order valence-corrected chi connectivity index (χ3v) is 6.88. The molecule has 1 fully saturated rings. The topological polar surface area (TPSA) is 88.8 Å². The van der Waals surface area contributed by atoms with Crippen LogP contribution in [0.5, 0.6) is 5.75 Å². The molecule has 0 atom stereocenters. The first-order chi connectivity index (χ1) is 13.8. The molecule has 0 unspecified atom stereocenters. The zero-order valence-corrected chi connectivity index (χ0v) is 17.7. The van der Waals surface area contributed by atoms with Gasteiger partial charge in [0, 0.05) is 31.6 Å². The van der Waals surface area contributed by atoms with Crippen molar-refractivity contribution in [2.45, 2.75) is 25.3 Å². The summed E-state index contributed by atoms with van der Waals surface area (Å²) in [5, 5.41) is 2.78. The summed E-state index contributed by atoms with van der Waals surface area (Å²) in [6.45, 7) is 5.37. The Labute approximate surface area is 171 Å². The number of anilines is 1. The molecule has 8 nitrogen and oxygen atoms in total. The summed E-state index contributed by atoms with van der Waals surface area (Å²) in [7, 11) is -2.20. The highest BCUT2D eigenvalue weighted by atomic mass is 32.2. The van der Waals surface area contributed by atoms with Gasteiger partial charge in [-0.15, -0.1) is 0 Å². The first-order valence-corrected chi connectivity index (χ1v) is 10.8. The molecule has 1 aliphatic heterocycles. The van der Waals surface area contributed by atoms with Gasteiger partial charge in [0.2, 0.25) is 16.6 Å². The van der Waals surface area contributed by atoms with E-state index >= 15 is 0 Å². The van der Waals surface area contributed by atoms with Crippen LogP contribution in [0.1, 0.15) is 11.3 Å². The molecule has 3 rings (SSSR count). The fraction of sp³-hybridized carbons (Fsp3) is 0.400. The largest absolute Gasteiger partial charge is 0.495 e. The maximum absolute atomic E-state index is 12.9. The van der Waals surface area contributed by atoms with E-state index in [2.05, 4.69) is 5.32 Å². The minimum atomic E-state index is -3.68. The fourth-order valence-corrected chi connectivity index (χ4v) is 4.58. The molecule has 0 bridgehead atoms. The number of benzene rings is 1. The van der Waals surface area contributed by atoms with Crippen LogP contribution < -0.4 is 14.6 Å². The van der Waals surface area contributed by atoms with E-state index in [0.717, 1.165) is 11.3 Å². The summed E-state index contributed by atoms with van der Waals surface area (Å²) in [4.78, 5) is 12.7. The number of sulfonamides is 1. The molecule has 2 aromatic rings. The molecule has 9 heteroatoms. The van der Waals surface area contributed by atoms with Crippen LogP contribution in [0, 0.1) is 13.8 Å². The van der Waals surface area contributed by atoms with Crippen LogP contribution in [-0.4, -0.2) is 52.0 Å². The van der Waals surface area contributed by atoms with E-state index in [9.17, 15) is 13.2 Å². The Hall–Kier alpha value is -2.49. The highest BCUT2D eigenvalue weighted by Crippen LogP contribution is 2.29. The van der Waals surface area contributed by atoms with Crippen LogP contribution in [0.2, 0.25) is 0 Å². The smallest absolute Gasteiger partial charge is 0.290 e. The van der Waals surface area contributed by atoms with Gasteiger partial charge in [0.25, 0.3) is 5.91 Å². The summed E-state index contributed by atoms with van der Waals surface area (Å²) in [6, 6.07) is 8.33. The minimum absolute atomic E-state index is 0.106. The Morgan fingerprint density at radius 3 is 2.66 bits per heavy atom. The van der Waals surface area contributed by atoms with Crippen molar-refractivity contribution in [1.29, 1.82) is 0 Å². The highest BCUT2D eigenvalue weighted by molar-refractivity contribution is 7.89. The molecule has 1 amide bonds. The summed E-state index contributed by atoms with van der Waals surface area (Å²) in [5.41, 5.74) is 2.38. The average Bonchev–Trinajstić information content (AvgIpc) is 2.72. The second kappa shape index (κ2) is 8.89. The molecule has 1 aromatic carbocycles. The van der Waals surface area contributed by atoms with Crippen LogP contribution in [0.3, 0.4) is 0 Å². The van der Waals surface area contributed by atoms with Gasteiger partial charge in [-0.05, 0) is 31.2 Å².